The van der Waals surface area contributed by atoms with Crippen LogP contribution in [-0.4, -0.2) is 48.1 Å². The number of aromatic nitrogens is 2. The average Bonchev–Trinajstić information content (AvgIpc) is 3.81. The largest absolute Gasteiger partial charge is 0.367 e. The van der Waals surface area contributed by atoms with Gasteiger partial charge in [-0.15, -0.1) is 0 Å². The maximum absolute atomic E-state index is 12.3. The molecule has 2 heterocycles. The number of nitrogens with one attached hydrogen (secondary N) is 1. The van der Waals surface area contributed by atoms with Gasteiger partial charge in [0, 0.05) is 55.2 Å². The molecule has 4 aromatic rings. The lowest BCUT2D eigenvalue weighted by molar-refractivity contribution is 0.0951. The van der Waals surface area contributed by atoms with Crippen LogP contribution in [0.4, 0.5) is 11.5 Å². The van der Waals surface area contributed by atoms with E-state index in [1.165, 1.54) is 0 Å². The Labute approximate surface area is 238 Å². The highest BCUT2D eigenvalue weighted by Crippen LogP contribution is 2.30. The van der Waals surface area contributed by atoms with Crippen LogP contribution in [-0.2, 0) is 5.75 Å². The normalized spacial score (nSPS) is 15.3. The molecule has 8 heteroatoms. The number of thioether (sulfide) groups is 1. The van der Waals surface area contributed by atoms with Crippen LogP contribution in [0.3, 0.4) is 0 Å². The first-order valence-corrected chi connectivity index (χ1v) is 14.7. The van der Waals surface area contributed by atoms with E-state index in [0.717, 1.165) is 83.3 Å². The molecule has 1 amide bonds. The van der Waals surface area contributed by atoms with Crippen molar-refractivity contribution in [1.29, 1.82) is 0 Å². The molecule has 39 heavy (non-hydrogen) atoms. The van der Waals surface area contributed by atoms with Crippen LogP contribution >= 0.6 is 23.4 Å². The van der Waals surface area contributed by atoms with E-state index in [-0.39, 0.29) is 5.91 Å². The highest BCUT2D eigenvalue weighted by molar-refractivity contribution is 7.98. The van der Waals surface area contributed by atoms with E-state index in [1.807, 2.05) is 60.7 Å². The van der Waals surface area contributed by atoms with Crippen molar-refractivity contribution in [2.45, 2.75) is 29.8 Å². The van der Waals surface area contributed by atoms with Gasteiger partial charge in [0.25, 0.3) is 5.91 Å². The van der Waals surface area contributed by atoms with Crippen molar-refractivity contribution in [2.75, 3.05) is 36.0 Å². The second kappa shape index (κ2) is 11.7. The molecule has 198 valence electrons. The van der Waals surface area contributed by atoms with Gasteiger partial charge in [0.2, 0.25) is 0 Å². The molecule has 0 unspecified atom stereocenters. The van der Waals surface area contributed by atoms with Gasteiger partial charge in [-0.25, -0.2) is 9.97 Å². The fourth-order valence-electron chi connectivity index (χ4n) is 4.68. The van der Waals surface area contributed by atoms with Crippen molar-refractivity contribution in [3.63, 3.8) is 0 Å². The predicted octanol–water partition coefficient (Wildman–Crippen LogP) is 6.31. The zero-order valence-electron chi connectivity index (χ0n) is 21.6. The summed E-state index contributed by atoms with van der Waals surface area (Å²) >= 11 is 8.07. The Balaban J connectivity index is 1.17. The van der Waals surface area contributed by atoms with Gasteiger partial charge in [-0.1, -0.05) is 78.0 Å². The van der Waals surface area contributed by atoms with Crippen LogP contribution in [0.2, 0.25) is 5.02 Å². The Morgan fingerprint density at radius 2 is 1.56 bits per heavy atom. The summed E-state index contributed by atoms with van der Waals surface area (Å²) in [7, 11) is 0. The lowest BCUT2D eigenvalue weighted by Crippen LogP contribution is -2.47. The summed E-state index contributed by atoms with van der Waals surface area (Å²) < 4.78 is 0. The number of amides is 1. The smallest absolute Gasteiger partial charge is 0.251 e. The summed E-state index contributed by atoms with van der Waals surface area (Å²) in [6.45, 7) is 3.45. The van der Waals surface area contributed by atoms with E-state index in [4.69, 9.17) is 21.6 Å². The molecular formula is C31H30ClN5OS. The molecule has 6 rings (SSSR count). The minimum atomic E-state index is 0.00914. The van der Waals surface area contributed by atoms with E-state index >= 15 is 0 Å². The second-order valence-corrected chi connectivity index (χ2v) is 11.3. The van der Waals surface area contributed by atoms with E-state index in [0.29, 0.717) is 11.6 Å². The van der Waals surface area contributed by atoms with Gasteiger partial charge < -0.3 is 15.1 Å². The zero-order chi connectivity index (χ0) is 26.6. The first-order valence-electron chi connectivity index (χ1n) is 13.3. The van der Waals surface area contributed by atoms with Gasteiger partial charge in [-0.05, 0) is 42.7 Å². The van der Waals surface area contributed by atoms with Gasteiger partial charge >= 0.3 is 0 Å². The predicted molar refractivity (Wildman–Crippen MR) is 160 cm³/mol. The topological polar surface area (TPSA) is 61.4 Å². The first kappa shape index (κ1) is 25.7. The lowest BCUT2D eigenvalue weighted by Gasteiger charge is -2.37. The zero-order valence-corrected chi connectivity index (χ0v) is 23.2. The van der Waals surface area contributed by atoms with Gasteiger partial charge in [0.1, 0.15) is 5.82 Å². The van der Waals surface area contributed by atoms with Crippen molar-refractivity contribution in [2.24, 2.45) is 0 Å². The van der Waals surface area contributed by atoms with Crippen LogP contribution in [0.25, 0.3) is 11.3 Å². The SMILES string of the molecule is O=C(NC1CC1)c1ccc(CSc2nc(-c3ccccc3)cc(N3CCN(c4ccccc4Cl)CC3)n2)cc1. The number of para-hydroxylation sites is 1. The number of hydrogen-bond donors (Lipinski definition) is 1. The van der Waals surface area contributed by atoms with Gasteiger partial charge in [-0.2, -0.15) is 0 Å². The van der Waals surface area contributed by atoms with Crippen molar-refractivity contribution in [1.82, 2.24) is 15.3 Å². The quantitative estimate of drug-likeness (QED) is 0.203. The molecule has 3 aromatic carbocycles. The summed E-state index contributed by atoms with van der Waals surface area (Å²) in [4.78, 5) is 26.9. The Morgan fingerprint density at radius 1 is 0.872 bits per heavy atom. The molecule has 0 radical (unpaired) electrons. The number of halogens is 1. The molecule has 1 saturated carbocycles. The maximum atomic E-state index is 12.3. The third-order valence-electron chi connectivity index (χ3n) is 7.06. The van der Waals surface area contributed by atoms with Crippen molar-refractivity contribution >= 4 is 40.8 Å². The molecule has 0 bridgehead atoms. The number of nitrogens with zero attached hydrogens (tertiary/aromatic N) is 4. The summed E-state index contributed by atoms with van der Waals surface area (Å²) in [6, 6.07) is 28.6. The van der Waals surface area contributed by atoms with Gasteiger partial charge in [0.15, 0.2) is 5.16 Å². The van der Waals surface area contributed by atoms with Crippen LogP contribution in [0, 0.1) is 0 Å². The molecule has 0 spiro atoms. The molecule has 2 fully saturated rings. The highest BCUT2D eigenvalue weighted by Gasteiger charge is 2.24. The molecule has 1 N–H and O–H groups in total. The van der Waals surface area contributed by atoms with Gasteiger partial charge in [0.05, 0.1) is 16.4 Å². The Kier molecular flexibility index (Phi) is 7.70. The highest BCUT2D eigenvalue weighted by atomic mass is 35.5. The summed E-state index contributed by atoms with van der Waals surface area (Å²) in [5.41, 5.74) is 4.91. The number of anilines is 2. The van der Waals surface area contributed by atoms with Crippen LogP contribution in [0.15, 0.2) is 90.1 Å². The lowest BCUT2D eigenvalue weighted by atomic mass is 10.1. The number of benzene rings is 3. The van der Waals surface area contributed by atoms with Crippen molar-refractivity contribution < 1.29 is 4.79 Å². The summed E-state index contributed by atoms with van der Waals surface area (Å²) in [6.07, 6.45) is 2.17. The summed E-state index contributed by atoms with van der Waals surface area (Å²) in [5.74, 6) is 1.68. The van der Waals surface area contributed by atoms with Gasteiger partial charge in [-0.3, -0.25) is 4.79 Å². The molecule has 1 saturated heterocycles. The Bertz CT molecular complexity index is 1440. The molecule has 1 aromatic heterocycles. The van der Waals surface area contributed by atoms with E-state index < -0.39 is 0 Å². The van der Waals surface area contributed by atoms with E-state index in [1.54, 1.807) is 11.8 Å². The third kappa shape index (κ3) is 6.37. The molecule has 6 nitrogen and oxygen atoms in total. The fraction of sp³-hybridized carbons (Fsp3) is 0.258. The van der Waals surface area contributed by atoms with Crippen LogP contribution < -0.4 is 15.1 Å². The fourth-order valence-corrected chi connectivity index (χ4v) is 5.74. The molecular weight excluding hydrogens is 526 g/mol. The monoisotopic (exact) mass is 555 g/mol. The molecule has 1 aliphatic carbocycles. The first-order chi connectivity index (χ1) is 19.1. The van der Waals surface area contributed by atoms with Crippen LogP contribution in [0.1, 0.15) is 28.8 Å². The molecule has 2 aliphatic rings. The van der Waals surface area contributed by atoms with E-state index in [9.17, 15) is 4.79 Å². The van der Waals surface area contributed by atoms with Crippen molar-refractivity contribution in [3.8, 4) is 11.3 Å². The standard InChI is InChI=1S/C31H30ClN5OS/c32-26-8-4-5-9-28(26)36-16-18-37(19-17-36)29-20-27(23-6-2-1-3-7-23)34-31(35-29)39-21-22-10-12-24(13-11-22)30(38)33-25-14-15-25/h1-13,20,25H,14-19,21H2,(H,33,38). The number of carbonyl (C=O) groups is 1. The average molecular weight is 556 g/mol. The minimum Gasteiger partial charge on any atom is -0.367 e. The van der Waals surface area contributed by atoms with E-state index in [2.05, 4.69) is 39.4 Å². The minimum absolute atomic E-state index is 0.00914. The Morgan fingerprint density at radius 3 is 2.28 bits per heavy atom. The summed E-state index contributed by atoms with van der Waals surface area (Å²) in [5, 5.41) is 4.58. The molecule has 0 atom stereocenters. The number of carbonyl (C=O) groups excluding carboxylic acids is 1. The second-order valence-electron chi connectivity index (χ2n) is 9.92. The van der Waals surface area contributed by atoms with Crippen LogP contribution in [0.5, 0.6) is 0 Å². The Hall–Kier alpha value is -3.55. The number of hydrogen-bond acceptors (Lipinski definition) is 6. The number of rotatable bonds is 8. The third-order valence-corrected chi connectivity index (χ3v) is 8.29. The molecule has 1 aliphatic heterocycles. The maximum Gasteiger partial charge on any atom is 0.251 e. The van der Waals surface area contributed by atoms with Crippen molar-refractivity contribution in [3.05, 3.63) is 101 Å². The number of piperazine rings is 1.